The number of carbonyl (C=O) groups excluding carboxylic acids is 1. The van der Waals surface area contributed by atoms with E-state index in [0.29, 0.717) is 17.3 Å². The third-order valence-corrected chi connectivity index (χ3v) is 6.11. The maximum absolute atomic E-state index is 12.4. The molecule has 1 aliphatic heterocycles. The van der Waals surface area contributed by atoms with E-state index in [1.54, 1.807) is 12.2 Å². The number of aryl methyl sites for hydroxylation is 1. The van der Waals surface area contributed by atoms with Crippen molar-refractivity contribution in [3.05, 3.63) is 34.2 Å². The molecule has 0 saturated carbocycles. The van der Waals surface area contributed by atoms with E-state index in [4.69, 9.17) is 10.7 Å². The van der Waals surface area contributed by atoms with Crippen LogP contribution in [0.3, 0.4) is 0 Å². The van der Waals surface area contributed by atoms with Crippen LogP contribution in [0.2, 0.25) is 0 Å². The van der Waals surface area contributed by atoms with Crippen molar-refractivity contribution < 1.29 is 4.79 Å². The predicted molar refractivity (Wildman–Crippen MR) is 135 cm³/mol. The first-order valence-electron chi connectivity index (χ1n) is 12.0. The lowest BCUT2D eigenvalue weighted by atomic mass is 10.0. The number of nitrogens with two attached hydrogens (primary N) is 1. The zero-order valence-corrected chi connectivity index (χ0v) is 20.7. The molecule has 0 radical (unpaired) electrons. The molecule has 3 heterocycles. The summed E-state index contributed by atoms with van der Waals surface area (Å²) in [6, 6.07) is 0. The van der Waals surface area contributed by atoms with Crippen molar-refractivity contribution in [1.82, 2.24) is 19.9 Å². The van der Waals surface area contributed by atoms with Gasteiger partial charge < -0.3 is 15.5 Å². The Bertz CT molecular complexity index is 1010. The summed E-state index contributed by atoms with van der Waals surface area (Å²) in [5.74, 6) is 2.26. The second-order valence-corrected chi connectivity index (χ2v) is 8.95. The minimum absolute atomic E-state index is 0.332. The molecule has 0 spiro atoms. The van der Waals surface area contributed by atoms with Crippen LogP contribution >= 0.6 is 0 Å². The van der Waals surface area contributed by atoms with E-state index >= 15 is 0 Å². The van der Waals surface area contributed by atoms with E-state index in [0.717, 1.165) is 80.1 Å². The number of hydrogen-bond acceptors (Lipinski definition) is 7. The Balaban J connectivity index is 1.99. The number of nitrogens with zero attached hydrogens (tertiary/aromatic N) is 6. The van der Waals surface area contributed by atoms with Gasteiger partial charge in [-0.3, -0.25) is 4.79 Å². The van der Waals surface area contributed by atoms with Crippen LogP contribution in [0, 0.1) is 13.8 Å². The van der Waals surface area contributed by atoms with Crippen LogP contribution in [0.4, 0.5) is 11.6 Å². The first kappa shape index (κ1) is 24.6. The largest absolute Gasteiger partial charge is 0.364 e. The Kier molecular flexibility index (Phi) is 8.36. The number of hydrogen-bond donors (Lipinski definition) is 1. The van der Waals surface area contributed by atoms with E-state index in [9.17, 15) is 4.79 Å². The highest BCUT2D eigenvalue weighted by Gasteiger charge is 2.23. The molecule has 0 aromatic carbocycles. The van der Waals surface area contributed by atoms with Crippen molar-refractivity contribution in [2.45, 2.75) is 65.7 Å². The van der Waals surface area contributed by atoms with Crippen molar-refractivity contribution in [2.24, 2.45) is 5.73 Å². The van der Waals surface area contributed by atoms with Crippen LogP contribution in [0.25, 0.3) is 12.2 Å². The summed E-state index contributed by atoms with van der Waals surface area (Å²) < 4.78 is 0. The van der Waals surface area contributed by atoms with Gasteiger partial charge in [-0.1, -0.05) is 26.2 Å². The van der Waals surface area contributed by atoms with Gasteiger partial charge >= 0.3 is 0 Å². The van der Waals surface area contributed by atoms with Crippen LogP contribution in [0.15, 0.2) is 0 Å². The van der Waals surface area contributed by atoms with Crippen LogP contribution in [0.1, 0.15) is 84.4 Å². The highest BCUT2D eigenvalue weighted by atomic mass is 16.1. The van der Waals surface area contributed by atoms with E-state index in [2.05, 4.69) is 26.8 Å². The van der Waals surface area contributed by atoms with Crippen molar-refractivity contribution in [3.63, 3.8) is 0 Å². The van der Waals surface area contributed by atoms with Gasteiger partial charge in [0.2, 0.25) is 0 Å². The number of rotatable bonds is 10. The summed E-state index contributed by atoms with van der Waals surface area (Å²) in [5, 5.41) is 0. The van der Waals surface area contributed by atoms with Gasteiger partial charge in [0.1, 0.15) is 17.3 Å². The molecule has 8 nitrogen and oxygen atoms in total. The average Bonchev–Trinajstić information content (AvgIpc) is 3.32. The highest BCUT2D eigenvalue weighted by molar-refractivity contribution is 5.94. The average molecular weight is 452 g/mol. The van der Waals surface area contributed by atoms with E-state index in [1.807, 2.05) is 32.8 Å². The monoisotopic (exact) mass is 451 g/mol. The van der Waals surface area contributed by atoms with Crippen molar-refractivity contribution >= 4 is 29.7 Å². The Morgan fingerprint density at radius 2 is 1.67 bits per heavy atom. The minimum Gasteiger partial charge on any atom is -0.364 e. The van der Waals surface area contributed by atoms with Gasteiger partial charge in [-0.25, -0.2) is 19.9 Å². The molecule has 1 amide bonds. The third-order valence-electron chi connectivity index (χ3n) is 6.11. The molecule has 178 valence electrons. The van der Waals surface area contributed by atoms with E-state index in [1.165, 1.54) is 6.42 Å². The molecule has 0 atom stereocenters. The second kappa shape index (κ2) is 11.2. The van der Waals surface area contributed by atoms with Gasteiger partial charge in [-0.05, 0) is 51.7 Å². The van der Waals surface area contributed by atoms with Crippen molar-refractivity contribution in [1.29, 1.82) is 0 Å². The minimum atomic E-state index is -0.504. The first-order valence-corrected chi connectivity index (χ1v) is 12.0. The molecule has 1 saturated heterocycles. The molecule has 8 heteroatoms. The van der Waals surface area contributed by atoms with Crippen LogP contribution in [0.5, 0.6) is 0 Å². The molecule has 3 rings (SSSR count). The normalized spacial score (nSPS) is 13.8. The first-order chi connectivity index (χ1) is 15.8. The summed E-state index contributed by atoms with van der Waals surface area (Å²) in [6.45, 7) is 8.05. The zero-order chi connectivity index (χ0) is 24.0. The summed E-state index contributed by atoms with van der Waals surface area (Å²) in [6.07, 6.45) is 11.0. The fraction of sp³-hybridized carbons (Fsp3) is 0.560. The number of primary amides is 1. The summed E-state index contributed by atoms with van der Waals surface area (Å²) in [4.78, 5) is 35.2. The van der Waals surface area contributed by atoms with Crippen molar-refractivity contribution in [2.75, 3.05) is 37.0 Å². The number of anilines is 2. The number of carbonyl (C=O) groups is 1. The zero-order valence-electron chi connectivity index (χ0n) is 20.7. The molecule has 2 aromatic heterocycles. The maximum atomic E-state index is 12.4. The molecule has 33 heavy (non-hydrogen) atoms. The van der Waals surface area contributed by atoms with Gasteiger partial charge in [-0.2, -0.15) is 0 Å². The predicted octanol–water partition coefficient (Wildman–Crippen LogP) is 3.94. The standard InChI is InChI=1S/C25H37N7O/c1-6-7-8-9-12-19-22(23(26)33)28-21(30-25(19)32-15-10-11-16-32)14-13-20-27-18(3)17(2)24(29-20)31(4)5/h13-14H,6-12,15-16H2,1-5H3,(H2,26,33). The maximum Gasteiger partial charge on any atom is 0.267 e. The number of aromatic nitrogens is 4. The van der Waals surface area contributed by atoms with Gasteiger partial charge in [0.25, 0.3) is 5.91 Å². The topological polar surface area (TPSA) is 101 Å². The van der Waals surface area contributed by atoms with Gasteiger partial charge in [0.15, 0.2) is 11.6 Å². The summed E-state index contributed by atoms with van der Waals surface area (Å²) >= 11 is 0. The quantitative estimate of drug-likeness (QED) is 0.546. The molecule has 0 aliphatic carbocycles. The van der Waals surface area contributed by atoms with Crippen LogP contribution in [-0.2, 0) is 6.42 Å². The molecule has 0 unspecified atom stereocenters. The molecule has 2 N–H and O–H groups in total. The molecule has 0 bridgehead atoms. The SMILES string of the molecule is CCCCCCc1c(C(N)=O)nc(C=Cc2nc(C)c(C)c(N(C)C)n2)nc1N1CCCC1. The Hall–Kier alpha value is -3.03. The summed E-state index contributed by atoms with van der Waals surface area (Å²) in [5.41, 5.74) is 8.96. The lowest BCUT2D eigenvalue weighted by Gasteiger charge is -2.22. The fourth-order valence-electron chi connectivity index (χ4n) is 4.21. The number of unbranched alkanes of at least 4 members (excludes halogenated alkanes) is 3. The van der Waals surface area contributed by atoms with Crippen LogP contribution in [-0.4, -0.2) is 53.0 Å². The van der Waals surface area contributed by atoms with Crippen molar-refractivity contribution in [3.8, 4) is 0 Å². The van der Waals surface area contributed by atoms with Gasteiger partial charge in [-0.15, -0.1) is 0 Å². The molecule has 1 fully saturated rings. The fourth-order valence-corrected chi connectivity index (χ4v) is 4.21. The van der Waals surface area contributed by atoms with E-state index in [-0.39, 0.29) is 0 Å². The van der Waals surface area contributed by atoms with E-state index < -0.39 is 5.91 Å². The lowest BCUT2D eigenvalue weighted by molar-refractivity contribution is 0.0994. The van der Waals surface area contributed by atoms with Gasteiger partial charge in [0.05, 0.1) is 0 Å². The molecule has 2 aromatic rings. The second-order valence-electron chi connectivity index (χ2n) is 8.95. The Morgan fingerprint density at radius 1 is 1.00 bits per heavy atom. The lowest BCUT2D eigenvalue weighted by Crippen LogP contribution is -2.25. The molecule has 1 aliphatic rings. The highest BCUT2D eigenvalue weighted by Crippen LogP contribution is 2.27. The number of amides is 1. The van der Waals surface area contributed by atoms with Gasteiger partial charge in [0, 0.05) is 44.0 Å². The third kappa shape index (κ3) is 6.06. The Morgan fingerprint density at radius 3 is 2.27 bits per heavy atom. The molecular formula is C25H37N7O. The summed E-state index contributed by atoms with van der Waals surface area (Å²) in [7, 11) is 3.93. The smallest absolute Gasteiger partial charge is 0.267 e. The van der Waals surface area contributed by atoms with Crippen LogP contribution < -0.4 is 15.5 Å². The Labute approximate surface area is 197 Å². The molecular weight excluding hydrogens is 414 g/mol.